The fourth-order valence-corrected chi connectivity index (χ4v) is 2.79. The highest BCUT2D eigenvalue weighted by Crippen LogP contribution is 2.23. The van der Waals surface area contributed by atoms with Gasteiger partial charge in [-0.3, -0.25) is 4.79 Å². The number of nitrogens with zero attached hydrogens (tertiary/aromatic N) is 3. The maximum atomic E-state index is 11.8. The van der Waals surface area contributed by atoms with Crippen LogP contribution in [0.1, 0.15) is 37.1 Å². The number of hydrogen-bond acceptors (Lipinski definition) is 3. The molecule has 1 fully saturated rings. The predicted molar refractivity (Wildman–Crippen MR) is 86.5 cm³/mol. The molecule has 0 radical (unpaired) electrons. The van der Waals surface area contributed by atoms with Gasteiger partial charge in [0, 0.05) is 44.5 Å². The normalized spacial score (nSPS) is 16.3. The van der Waals surface area contributed by atoms with Crippen LogP contribution >= 0.6 is 0 Å². The van der Waals surface area contributed by atoms with Crippen LogP contribution in [0, 0.1) is 0 Å². The SMILES string of the molecule is C[C@@H](NCc1cncn1C)c1ccc(N2CCCC2=O)cc1. The van der Waals surface area contributed by atoms with E-state index in [1.165, 1.54) is 5.56 Å². The summed E-state index contributed by atoms with van der Waals surface area (Å²) in [6, 6.07) is 8.53. The van der Waals surface area contributed by atoms with Crippen molar-refractivity contribution in [2.75, 3.05) is 11.4 Å². The minimum absolute atomic E-state index is 0.232. The summed E-state index contributed by atoms with van der Waals surface area (Å²) in [5.41, 5.74) is 3.38. The molecule has 0 unspecified atom stereocenters. The summed E-state index contributed by atoms with van der Waals surface area (Å²) < 4.78 is 2.02. The third-order valence-electron chi connectivity index (χ3n) is 4.28. The predicted octanol–water partition coefficient (Wildman–Crippen LogP) is 2.40. The van der Waals surface area contributed by atoms with Crippen molar-refractivity contribution in [1.82, 2.24) is 14.9 Å². The summed E-state index contributed by atoms with van der Waals surface area (Å²) in [4.78, 5) is 17.8. The van der Waals surface area contributed by atoms with E-state index >= 15 is 0 Å². The topological polar surface area (TPSA) is 50.2 Å². The smallest absolute Gasteiger partial charge is 0.227 e. The van der Waals surface area contributed by atoms with Crippen molar-refractivity contribution in [2.24, 2.45) is 7.05 Å². The summed E-state index contributed by atoms with van der Waals surface area (Å²) >= 11 is 0. The van der Waals surface area contributed by atoms with E-state index in [0.29, 0.717) is 6.42 Å². The number of imidazole rings is 1. The number of anilines is 1. The van der Waals surface area contributed by atoms with Gasteiger partial charge in [0.2, 0.25) is 5.91 Å². The lowest BCUT2D eigenvalue weighted by molar-refractivity contribution is -0.117. The number of carbonyl (C=O) groups excluding carboxylic acids is 1. The molecule has 0 spiro atoms. The average Bonchev–Trinajstić information content (AvgIpc) is 3.13. The molecule has 116 valence electrons. The van der Waals surface area contributed by atoms with Crippen LogP contribution < -0.4 is 10.2 Å². The van der Waals surface area contributed by atoms with E-state index in [1.807, 2.05) is 41.2 Å². The summed E-state index contributed by atoms with van der Waals surface area (Å²) in [7, 11) is 2.00. The van der Waals surface area contributed by atoms with Crippen LogP contribution in [0.3, 0.4) is 0 Å². The van der Waals surface area contributed by atoms with Crippen LogP contribution in [0.5, 0.6) is 0 Å². The van der Waals surface area contributed by atoms with E-state index in [2.05, 4.69) is 29.4 Å². The van der Waals surface area contributed by atoms with Gasteiger partial charge in [-0.25, -0.2) is 4.98 Å². The second-order valence-electron chi connectivity index (χ2n) is 5.84. The van der Waals surface area contributed by atoms with Crippen LogP contribution in [-0.2, 0) is 18.4 Å². The van der Waals surface area contributed by atoms with Gasteiger partial charge >= 0.3 is 0 Å². The van der Waals surface area contributed by atoms with Gasteiger partial charge in [-0.1, -0.05) is 12.1 Å². The van der Waals surface area contributed by atoms with Crippen molar-refractivity contribution in [2.45, 2.75) is 32.4 Å². The molecular formula is C17H22N4O. The second-order valence-corrected chi connectivity index (χ2v) is 5.84. The molecule has 1 aromatic heterocycles. The number of amides is 1. The Bertz CT molecular complexity index is 647. The van der Waals surface area contributed by atoms with Crippen LogP contribution in [0.2, 0.25) is 0 Å². The Labute approximate surface area is 131 Å². The van der Waals surface area contributed by atoms with Crippen LogP contribution in [-0.4, -0.2) is 22.0 Å². The molecule has 2 aromatic rings. The second kappa shape index (κ2) is 6.32. The summed E-state index contributed by atoms with van der Waals surface area (Å²) in [5, 5.41) is 3.50. The first-order valence-corrected chi connectivity index (χ1v) is 7.74. The molecule has 0 bridgehead atoms. The molecule has 2 heterocycles. The Kier molecular flexibility index (Phi) is 4.24. The third kappa shape index (κ3) is 3.04. The number of aromatic nitrogens is 2. The van der Waals surface area contributed by atoms with Gasteiger partial charge in [0.15, 0.2) is 0 Å². The molecule has 1 N–H and O–H groups in total. The van der Waals surface area contributed by atoms with E-state index in [0.717, 1.165) is 30.9 Å². The van der Waals surface area contributed by atoms with E-state index < -0.39 is 0 Å². The highest BCUT2D eigenvalue weighted by molar-refractivity contribution is 5.95. The van der Waals surface area contributed by atoms with Gasteiger partial charge in [0.1, 0.15) is 0 Å². The quantitative estimate of drug-likeness (QED) is 0.922. The zero-order valence-electron chi connectivity index (χ0n) is 13.1. The van der Waals surface area contributed by atoms with E-state index in [9.17, 15) is 4.79 Å². The molecule has 0 saturated carbocycles. The number of hydrogen-bond donors (Lipinski definition) is 1. The summed E-state index contributed by atoms with van der Waals surface area (Å²) in [6.07, 6.45) is 5.32. The molecule has 1 amide bonds. The van der Waals surface area contributed by atoms with Gasteiger partial charge in [0.25, 0.3) is 0 Å². The molecule has 1 saturated heterocycles. The maximum Gasteiger partial charge on any atom is 0.227 e. The minimum atomic E-state index is 0.232. The summed E-state index contributed by atoms with van der Waals surface area (Å²) in [6.45, 7) is 3.77. The molecule has 3 rings (SSSR count). The van der Waals surface area contributed by atoms with Crippen LogP contribution in [0.25, 0.3) is 0 Å². The lowest BCUT2D eigenvalue weighted by atomic mass is 10.1. The van der Waals surface area contributed by atoms with Gasteiger partial charge in [-0.15, -0.1) is 0 Å². The summed E-state index contributed by atoms with van der Waals surface area (Å²) in [5.74, 6) is 0.232. The van der Waals surface area contributed by atoms with E-state index in [4.69, 9.17) is 0 Å². The average molecular weight is 298 g/mol. The van der Waals surface area contributed by atoms with Crippen molar-refractivity contribution >= 4 is 11.6 Å². The molecule has 1 aromatic carbocycles. The Morgan fingerprint density at radius 1 is 1.32 bits per heavy atom. The molecule has 1 aliphatic heterocycles. The molecule has 0 aliphatic carbocycles. The standard InChI is InChI=1S/C17H22N4O/c1-13(19-11-16-10-18-12-20(16)2)14-5-7-15(8-6-14)21-9-3-4-17(21)22/h5-8,10,12-13,19H,3-4,9,11H2,1-2H3/t13-/m1/s1. The fourth-order valence-electron chi connectivity index (χ4n) is 2.79. The first kappa shape index (κ1) is 14.8. The first-order chi connectivity index (χ1) is 10.6. The lowest BCUT2D eigenvalue weighted by Gasteiger charge is -2.18. The first-order valence-electron chi connectivity index (χ1n) is 7.74. The number of rotatable bonds is 5. The largest absolute Gasteiger partial charge is 0.337 e. The van der Waals surface area contributed by atoms with Crippen molar-refractivity contribution in [3.63, 3.8) is 0 Å². The van der Waals surface area contributed by atoms with Crippen molar-refractivity contribution in [3.8, 4) is 0 Å². The Hall–Kier alpha value is -2.14. The number of benzene rings is 1. The van der Waals surface area contributed by atoms with E-state index in [-0.39, 0.29) is 11.9 Å². The Morgan fingerprint density at radius 2 is 2.09 bits per heavy atom. The van der Waals surface area contributed by atoms with Crippen molar-refractivity contribution < 1.29 is 4.79 Å². The zero-order valence-corrected chi connectivity index (χ0v) is 13.1. The van der Waals surface area contributed by atoms with Gasteiger partial charge in [-0.05, 0) is 31.0 Å². The number of carbonyl (C=O) groups is 1. The van der Waals surface area contributed by atoms with Gasteiger partial charge in [0.05, 0.1) is 12.0 Å². The third-order valence-corrected chi connectivity index (χ3v) is 4.28. The fraction of sp³-hybridized carbons (Fsp3) is 0.412. The Morgan fingerprint density at radius 3 is 2.68 bits per heavy atom. The molecular weight excluding hydrogens is 276 g/mol. The van der Waals surface area contributed by atoms with Crippen LogP contribution in [0.15, 0.2) is 36.8 Å². The molecule has 22 heavy (non-hydrogen) atoms. The zero-order chi connectivity index (χ0) is 15.5. The molecule has 1 aliphatic rings. The van der Waals surface area contributed by atoms with Crippen LogP contribution in [0.4, 0.5) is 5.69 Å². The Balaban J connectivity index is 1.62. The highest BCUT2D eigenvalue weighted by Gasteiger charge is 2.21. The number of aryl methyl sites for hydroxylation is 1. The van der Waals surface area contributed by atoms with Crippen molar-refractivity contribution in [1.29, 1.82) is 0 Å². The highest BCUT2D eigenvalue weighted by atomic mass is 16.2. The lowest BCUT2D eigenvalue weighted by Crippen LogP contribution is -2.24. The maximum absolute atomic E-state index is 11.8. The van der Waals surface area contributed by atoms with Gasteiger partial charge < -0.3 is 14.8 Å². The van der Waals surface area contributed by atoms with E-state index in [1.54, 1.807) is 0 Å². The monoisotopic (exact) mass is 298 g/mol. The molecule has 5 heteroatoms. The molecule has 1 atom stereocenters. The minimum Gasteiger partial charge on any atom is -0.337 e. The number of nitrogens with one attached hydrogen (secondary N) is 1. The van der Waals surface area contributed by atoms with Gasteiger partial charge in [-0.2, -0.15) is 0 Å². The molecule has 5 nitrogen and oxygen atoms in total. The van der Waals surface area contributed by atoms with Crippen molar-refractivity contribution in [3.05, 3.63) is 48.0 Å².